The van der Waals surface area contributed by atoms with Crippen LogP contribution in [0.2, 0.25) is 0 Å². The molecule has 1 aliphatic rings. The third kappa shape index (κ3) is 3.69. The van der Waals surface area contributed by atoms with Gasteiger partial charge in [0.1, 0.15) is 5.82 Å². The van der Waals surface area contributed by atoms with Gasteiger partial charge in [-0.3, -0.25) is 4.79 Å². The summed E-state index contributed by atoms with van der Waals surface area (Å²) < 4.78 is 0.833. The van der Waals surface area contributed by atoms with Crippen LogP contribution in [0.5, 0.6) is 0 Å². The zero-order valence-corrected chi connectivity index (χ0v) is 13.0. The molecule has 0 aromatic carbocycles. The summed E-state index contributed by atoms with van der Waals surface area (Å²) in [5, 5.41) is 3.15. The second-order valence-electron chi connectivity index (χ2n) is 4.87. The van der Waals surface area contributed by atoms with E-state index in [-0.39, 0.29) is 5.91 Å². The third-order valence-electron chi connectivity index (χ3n) is 3.27. The summed E-state index contributed by atoms with van der Waals surface area (Å²) in [6.45, 7) is 6.39. The van der Waals surface area contributed by atoms with E-state index in [1.807, 2.05) is 24.8 Å². The van der Waals surface area contributed by atoms with Gasteiger partial charge in [0.2, 0.25) is 0 Å². The maximum absolute atomic E-state index is 12.6. The number of carbonyl (C=O) groups excluding carboxylic acids is 1. The zero-order valence-electron chi connectivity index (χ0n) is 11.4. The quantitative estimate of drug-likeness (QED) is 0.873. The molecule has 1 aromatic rings. The lowest BCUT2D eigenvalue weighted by Gasteiger charge is -2.22. The maximum Gasteiger partial charge on any atom is 0.257 e. The molecule has 0 spiro atoms. The van der Waals surface area contributed by atoms with E-state index in [4.69, 9.17) is 0 Å². The maximum atomic E-state index is 12.6. The van der Waals surface area contributed by atoms with Crippen LogP contribution in [-0.2, 0) is 0 Å². The molecule has 0 saturated heterocycles. The van der Waals surface area contributed by atoms with E-state index >= 15 is 0 Å². The van der Waals surface area contributed by atoms with E-state index in [1.54, 1.807) is 6.20 Å². The highest BCUT2D eigenvalue weighted by molar-refractivity contribution is 9.10. The van der Waals surface area contributed by atoms with Crippen molar-refractivity contribution in [2.45, 2.75) is 26.7 Å². The van der Waals surface area contributed by atoms with E-state index in [9.17, 15) is 4.79 Å². The van der Waals surface area contributed by atoms with Crippen LogP contribution in [-0.4, -0.2) is 35.4 Å². The monoisotopic (exact) mass is 325 g/mol. The van der Waals surface area contributed by atoms with Crippen LogP contribution < -0.4 is 5.32 Å². The molecule has 5 heteroatoms. The van der Waals surface area contributed by atoms with Gasteiger partial charge in [0, 0.05) is 30.3 Å². The van der Waals surface area contributed by atoms with Gasteiger partial charge in [0.05, 0.1) is 5.56 Å². The number of aromatic nitrogens is 1. The van der Waals surface area contributed by atoms with Crippen LogP contribution in [0.25, 0.3) is 0 Å². The summed E-state index contributed by atoms with van der Waals surface area (Å²) in [4.78, 5) is 18.8. The first-order chi connectivity index (χ1) is 9.15. The number of nitrogens with zero attached hydrogens (tertiary/aromatic N) is 2. The highest BCUT2D eigenvalue weighted by Crippen LogP contribution is 2.30. The topological polar surface area (TPSA) is 45.2 Å². The predicted molar refractivity (Wildman–Crippen MR) is 80.4 cm³/mol. The van der Waals surface area contributed by atoms with Gasteiger partial charge in [0.15, 0.2) is 0 Å². The van der Waals surface area contributed by atoms with Crippen molar-refractivity contribution in [3.05, 3.63) is 22.3 Å². The number of rotatable bonds is 6. The molecule has 1 N–H and O–H groups in total. The summed E-state index contributed by atoms with van der Waals surface area (Å²) >= 11 is 3.39. The second kappa shape index (κ2) is 6.37. The Morgan fingerprint density at radius 3 is 2.84 bits per heavy atom. The smallest absolute Gasteiger partial charge is 0.257 e. The Morgan fingerprint density at radius 2 is 2.26 bits per heavy atom. The number of amides is 1. The van der Waals surface area contributed by atoms with Crippen LogP contribution in [0, 0.1) is 5.92 Å². The van der Waals surface area contributed by atoms with Crippen molar-refractivity contribution in [3.8, 4) is 0 Å². The van der Waals surface area contributed by atoms with Crippen molar-refractivity contribution < 1.29 is 4.79 Å². The van der Waals surface area contributed by atoms with Crippen molar-refractivity contribution in [2.75, 3.05) is 25.0 Å². The highest BCUT2D eigenvalue weighted by Gasteiger charge is 2.27. The Hall–Kier alpha value is -1.10. The first kappa shape index (κ1) is 14.3. The van der Waals surface area contributed by atoms with Crippen LogP contribution in [0.3, 0.4) is 0 Å². The molecule has 1 aromatic heterocycles. The standard InChI is InChI=1S/C14H20BrN3O/c1-3-16-13-12(7-11(15)8-17-13)14(19)18(4-2)9-10-5-6-10/h7-8,10H,3-6,9H2,1-2H3,(H,16,17). The molecule has 0 radical (unpaired) electrons. The van der Waals surface area contributed by atoms with Gasteiger partial charge >= 0.3 is 0 Å². The first-order valence-electron chi connectivity index (χ1n) is 6.84. The van der Waals surface area contributed by atoms with E-state index in [0.717, 1.165) is 24.1 Å². The minimum absolute atomic E-state index is 0.0687. The number of halogens is 1. The SMILES string of the molecule is CCNc1ncc(Br)cc1C(=O)N(CC)CC1CC1. The number of nitrogens with one attached hydrogen (secondary N) is 1. The van der Waals surface area contributed by atoms with Crippen LogP contribution in [0.15, 0.2) is 16.7 Å². The lowest BCUT2D eigenvalue weighted by Crippen LogP contribution is -2.33. The average molecular weight is 326 g/mol. The van der Waals surface area contributed by atoms with Gasteiger partial charge in [0.25, 0.3) is 5.91 Å². The molecule has 2 rings (SSSR count). The number of hydrogen-bond acceptors (Lipinski definition) is 3. The van der Waals surface area contributed by atoms with Crippen LogP contribution in [0.1, 0.15) is 37.0 Å². The van der Waals surface area contributed by atoms with Gasteiger partial charge in [-0.1, -0.05) is 0 Å². The van der Waals surface area contributed by atoms with Gasteiger partial charge in [-0.05, 0) is 54.6 Å². The average Bonchev–Trinajstić information content (AvgIpc) is 3.21. The number of pyridine rings is 1. The minimum atomic E-state index is 0.0687. The van der Waals surface area contributed by atoms with E-state index in [0.29, 0.717) is 17.3 Å². The molecule has 0 unspecified atom stereocenters. The van der Waals surface area contributed by atoms with Gasteiger partial charge in [-0.25, -0.2) is 4.98 Å². The normalized spacial score (nSPS) is 14.3. The third-order valence-corrected chi connectivity index (χ3v) is 3.71. The van der Waals surface area contributed by atoms with Crippen LogP contribution in [0.4, 0.5) is 5.82 Å². The molecule has 0 atom stereocenters. The summed E-state index contributed by atoms with van der Waals surface area (Å²) in [6, 6.07) is 1.85. The molecule has 19 heavy (non-hydrogen) atoms. The Bertz CT molecular complexity index is 460. The van der Waals surface area contributed by atoms with Crippen molar-refractivity contribution in [1.29, 1.82) is 0 Å². The Morgan fingerprint density at radius 1 is 1.53 bits per heavy atom. The molecule has 0 bridgehead atoms. The largest absolute Gasteiger partial charge is 0.370 e. The zero-order chi connectivity index (χ0) is 13.8. The molecular weight excluding hydrogens is 306 g/mol. The number of hydrogen-bond donors (Lipinski definition) is 1. The molecule has 1 heterocycles. The van der Waals surface area contributed by atoms with Crippen LogP contribution >= 0.6 is 15.9 Å². The van der Waals surface area contributed by atoms with E-state index in [1.165, 1.54) is 12.8 Å². The summed E-state index contributed by atoms with van der Waals surface area (Å²) in [5.41, 5.74) is 0.652. The predicted octanol–water partition coefficient (Wildman–Crippen LogP) is 3.15. The van der Waals surface area contributed by atoms with Crippen molar-refractivity contribution in [2.24, 2.45) is 5.92 Å². The Balaban J connectivity index is 2.21. The molecule has 0 aliphatic heterocycles. The molecule has 1 amide bonds. The summed E-state index contributed by atoms with van der Waals surface area (Å²) in [7, 11) is 0. The second-order valence-corrected chi connectivity index (χ2v) is 5.78. The lowest BCUT2D eigenvalue weighted by atomic mass is 10.2. The fourth-order valence-electron chi connectivity index (χ4n) is 2.05. The Kier molecular flexibility index (Phi) is 4.80. The lowest BCUT2D eigenvalue weighted by molar-refractivity contribution is 0.0757. The molecule has 1 saturated carbocycles. The first-order valence-corrected chi connectivity index (χ1v) is 7.63. The van der Waals surface area contributed by atoms with E-state index < -0.39 is 0 Å². The van der Waals surface area contributed by atoms with Crippen molar-refractivity contribution >= 4 is 27.7 Å². The molecule has 4 nitrogen and oxygen atoms in total. The number of carbonyl (C=O) groups is 1. The molecule has 1 fully saturated rings. The van der Waals surface area contributed by atoms with Gasteiger partial charge < -0.3 is 10.2 Å². The van der Waals surface area contributed by atoms with Crippen molar-refractivity contribution in [3.63, 3.8) is 0 Å². The molecular formula is C14H20BrN3O. The fraction of sp³-hybridized carbons (Fsp3) is 0.571. The van der Waals surface area contributed by atoms with Gasteiger partial charge in [-0.15, -0.1) is 0 Å². The highest BCUT2D eigenvalue weighted by atomic mass is 79.9. The van der Waals surface area contributed by atoms with Crippen molar-refractivity contribution in [1.82, 2.24) is 9.88 Å². The summed E-state index contributed by atoms with van der Waals surface area (Å²) in [5.74, 6) is 1.44. The Labute approximate surface area is 122 Å². The van der Waals surface area contributed by atoms with E-state index in [2.05, 4.69) is 26.2 Å². The molecule has 1 aliphatic carbocycles. The fourth-order valence-corrected chi connectivity index (χ4v) is 2.38. The summed E-state index contributed by atoms with van der Waals surface area (Å²) in [6.07, 6.45) is 4.22. The number of anilines is 1. The molecule has 104 valence electrons. The van der Waals surface area contributed by atoms with Gasteiger partial charge in [-0.2, -0.15) is 0 Å². The minimum Gasteiger partial charge on any atom is -0.370 e.